The number of nitrogens with zero attached hydrogens (tertiary/aromatic N) is 6. The number of H-pyrrole nitrogens is 1. The Morgan fingerprint density at radius 2 is 1.84 bits per heavy atom. The first kappa shape index (κ1) is 21.1. The lowest BCUT2D eigenvalue weighted by Gasteiger charge is -2.23. The second-order valence-electron chi connectivity index (χ2n) is 8.98. The van der Waals surface area contributed by atoms with E-state index in [2.05, 4.69) is 63.6 Å². The van der Waals surface area contributed by atoms with Crippen molar-refractivity contribution in [3.8, 4) is 11.5 Å². The number of carbonyl (C=O) groups excluding carboxylic acids is 1. The highest BCUT2D eigenvalue weighted by Gasteiger charge is 2.25. The van der Waals surface area contributed by atoms with Gasteiger partial charge in [-0.2, -0.15) is 5.10 Å². The first-order valence-corrected chi connectivity index (χ1v) is 11.0. The molecule has 1 aliphatic rings. The van der Waals surface area contributed by atoms with Gasteiger partial charge in [0.05, 0.1) is 0 Å². The molecular weight excluding hydrogens is 390 g/mol. The van der Waals surface area contributed by atoms with Crippen LogP contribution in [-0.4, -0.2) is 61.9 Å². The van der Waals surface area contributed by atoms with E-state index < -0.39 is 0 Å². The highest BCUT2D eigenvalue weighted by Crippen LogP contribution is 2.27. The average Bonchev–Trinajstić information content (AvgIpc) is 3.35. The molecule has 164 valence electrons. The molecule has 1 N–H and O–H groups in total. The lowest BCUT2D eigenvalue weighted by molar-refractivity contribution is 0.0767. The van der Waals surface area contributed by atoms with Crippen LogP contribution in [0.1, 0.15) is 50.2 Å². The molecule has 1 fully saturated rings. The molecule has 1 aromatic carbocycles. The van der Waals surface area contributed by atoms with Crippen LogP contribution in [0.5, 0.6) is 0 Å². The smallest absolute Gasteiger partial charge is 0.253 e. The third kappa shape index (κ3) is 4.33. The topological polar surface area (TPSA) is 82.9 Å². The number of hydrogen-bond donors (Lipinski definition) is 1. The summed E-state index contributed by atoms with van der Waals surface area (Å²) in [6, 6.07) is 11.6. The Hall–Kier alpha value is -3.16. The average molecular weight is 422 g/mol. The number of amides is 1. The Bertz CT molecular complexity index is 1030. The van der Waals surface area contributed by atoms with Crippen LogP contribution in [0.15, 0.2) is 36.4 Å². The molecule has 1 saturated heterocycles. The van der Waals surface area contributed by atoms with Gasteiger partial charge in [0.2, 0.25) is 5.95 Å². The maximum absolute atomic E-state index is 12.9. The van der Waals surface area contributed by atoms with Crippen LogP contribution >= 0.6 is 0 Å². The molecule has 1 amide bonds. The van der Waals surface area contributed by atoms with Crippen molar-refractivity contribution in [2.24, 2.45) is 0 Å². The first-order valence-electron chi connectivity index (χ1n) is 11.0. The Labute approximate surface area is 183 Å². The van der Waals surface area contributed by atoms with Gasteiger partial charge in [0.15, 0.2) is 5.82 Å². The summed E-state index contributed by atoms with van der Waals surface area (Å²) < 4.78 is 2.11. The normalized spacial score (nSPS) is 15.2. The molecule has 31 heavy (non-hydrogen) atoms. The van der Waals surface area contributed by atoms with Crippen molar-refractivity contribution in [2.75, 3.05) is 31.1 Å². The molecule has 0 aliphatic carbocycles. The fourth-order valence-electron chi connectivity index (χ4n) is 3.91. The zero-order valence-corrected chi connectivity index (χ0v) is 18.8. The number of anilines is 1. The van der Waals surface area contributed by atoms with Crippen molar-refractivity contribution in [1.82, 2.24) is 29.9 Å². The van der Waals surface area contributed by atoms with Crippen LogP contribution in [0.4, 0.5) is 5.95 Å². The minimum atomic E-state index is -0.00924. The molecule has 3 aromatic rings. The molecule has 0 atom stereocenters. The number of aromatic nitrogens is 5. The number of rotatable bonds is 4. The van der Waals surface area contributed by atoms with E-state index in [4.69, 9.17) is 0 Å². The molecule has 0 unspecified atom stereocenters. The maximum Gasteiger partial charge on any atom is 0.253 e. The highest BCUT2D eigenvalue weighted by atomic mass is 16.2. The lowest BCUT2D eigenvalue weighted by atomic mass is 9.92. The summed E-state index contributed by atoms with van der Waals surface area (Å²) in [5.74, 6) is 1.70. The van der Waals surface area contributed by atoms with Crippen LogP contribution in [-0.2, 0) is 12.0 Å². The zero-order chi connectivity index (χ0) is 22.0. The molecule has 3 heterocycles. The fraction of sp³-hybridized carbons (Fsp3) is 0.478. The standard InChI is InChI=1S/C23H31N7O/c1-5-30-20(18-16-19(25-24-18)23(2,3)4)26-27-22(30)29-13-9-12-28(14-15-29)21(31)17-10-7-6-8-11-17/h6-8,10-11,16H,5,9,12-15H2,1-4H3,(H,24,25). The van der Waals surface area contributed by atoms with Gasteiger partial charge >= 0.3 is 0 Å². The molecule has 8 nitrogen and oxygen atoms in total. The van der Waals surface area contributed by atoms with Crippen molar-refractivity contribution >= 4 is 11.9 Å². The number of aromatic amines is 1. The van der Waals surface area contributed by atoms with Crippen LogP contribution in [0, 0.1) is 0 Å². The van der Waals surface area contributed by atoms with Crippen LogP contribution < -0.4 is 4.90 Å². The second-order valence-corrected chi connectivity index (χ2v) is 8.98. The summed E-state index contributed by atoms with van der Waals surface area (Å²) in [6.07, 6.45) is 0.890. The molecule has 8 heteroatoms. The Morgan fingerprint density at radius 3 is 2.52 bits per heavy atom. The van der Waals surface area contributed by atoms with Gasteiger partial charge in [-0.05, 0) is 31.5 Å². The molecule has 0 spiro atoms. The van der Waals surface area contributed by atoms with Crippen molar-refractivity contribution in [3.63, 3.8) is 0 Å². The lowest BCUT2D eigenvalue weighted by Crippen LogP contribution is -2.35. The Kier molecular flexibility index (Phi) is 5.80. The third-order valence-electron chi connectivity index (χ3n) is 5.75. The summed E-state index contributed by atoms with van der Waals surface area (Å²) in [7, 11) is 0. The van der Waals surface area contributed by atoms with Crippen molar-refractivity contribution < 1.29 is 4.79 Å². The van der Waals surface area contributed by atoms with Gasteiger partial charge in [-0.15, -0.1) is 10.2 Å². The summed E-state index contributed by atoms with van der Waals surface area (Å²) in [6.45, 7) is 12.3. The maximum atomic E-state index is 12.9. The largest absolute Gasteiger partial charge is 0.339 e. The van der Waals surface area contributed by atoms with E-state index in [0.717, 1.165) is 61.3 Å². The molecular formula is C23H31N7O. The Balaban J connectivity index is 1.53. The van der Waals surface area contributed by atoms with Crippen LogP contribution in [0.25, 0.3) is 11.5 Å². The molecule has 4 rings (SSSR count). The van der Waals surface area contributed by atoms with E-state index in [1.165, 1.54) is 0 Å². The van der Waals surface area contributed by atoms with Gasteiger partial charge in [0.1, 0.15) is 5.69 Å². The molecule has 1 aliphatic heterocycles. The quantitative estimate of drug-likeness (QED) is 0.699. The Morgan fingerprint density at radius 1 is 1.06 bits per heavy atom. The second kappa shape index (κ2) is 8.53. The minimum absolute atomic E-state index is 0.00924. The highest BCUT2D eigenvalue weighted by molar-refractivity contribution is 5.94. The van der Waals surface area contributed by atoms with Crippen molar-refractivity contribution in [2.45, 2.75) is 46.1 Å². The molecule has 0 bridgehead atoms. The predicted octanol–water partition coefficient (Wildman–Crippen LogP) is 3.34. The number of benzene rings is 1. The van der Waals surface area contributed by atoms with E-state index in [0.29, 0.717) is 6.54 Å². The number of hydrogen-bond acceptors (Lipinski definition) is 5. The minimum Gasteiger partial charge on any atom is -0.339 e. The number of carbonyl (C=O) groups is 1. The van der Waals surface area contributed by atoms with Gasteiger partial charge in [0, 0.05) is 49.4 Å². The van der Waals surface area contributed by atoms with Gasteiger partial charge in [-0.3, -0.25) is 14.5 Å². The fourth-order valence-corrected chi connectivity index (χ4v) is 3.91. The molecule has 0 radical (unpaired) electrons. The van der Waals surface area contributed by atoms with Gasteiger partial charge in [0.25, 0.3) is 5.91 Å². The van der Waals surface area contributed by atoms with Gasteiger partial charge < -0.3 is 9.80 Å². The monoisotopic (exact) mass is 421 g/mol. The summed E-state index contributed by atoms with van der Waals surface area (Å²) >= 11 is 0. The van der Waals surface area contributed by atoms with E-state index in [1.807, 2.05) is 35.2 Å². The molecule has 0 saturated carbocycles. The SMILES string of the molecule is CCn1c(-c2cc(C(C)(C)C)[nH]n2)nnc1N1CCCN(C(=O)c2ccccc2)CC1. The van der Waals surface area contributed by atoms with E-state index in [-0.39, 0.29) is 11.3 Å². The van der Waals surface area contributed by atoms with Crippen LogP contribution in [0.2, 0.25) is 0 Å². The van der Waals surface area contributed by atoms with E-state index >= 15 is 0 Å². The zero-order valence-electron chi connectivity index (χ0n) is 18.8. The summed E-state index contributed by atoms with van der Waals surface area (Å²) in [4.78, 5) is 17.0. The van der Waals surface area contributed by atoms with Gasteiger partial charge in [-0.1, -0.05) is 39.0 Å². The number of nitrogens with one attached hydrogen (secondary N) is 1. The summed E-state index contributed by atoms with van der Waals surface area (Å²) in [5, 5.41) is 16.6. The summed E-state index contributed by atoms with van der Waals surface area (Å²) in [5.41, 5.74) is 2.61. The van der Waals surface area contributed by atoms with Crippen molar-refractivity contribution in [1.29, 1.82) is 0 Å². The van der Waals surface area contributed by atoms with E-state index in [1.54, 1.807) is 0 Å². The predicted molar refractivity (Wildman–Crippen MR) is 121 cm³/mol. The third-order valence-corrected chi connectivity index (χ3v) is 5.75. The van der Waals surface area contributed by atoms with Crippen molar-refractivity contribution in [3.05, 3.63) is 47.7 Å². The van der Waals surface area contributed by atoms with E-state index in [9.17, 15) is 4.79 Å². The van der Waals surface area contributed by atoms with Crippen LogP contribution in [0.3, 0.4) is 0 Å². The first-order chi connectivity index (χ1) is 14.9. The van der Waals surface area contributed by atoms with Gasteiger partial charge in [-0.25, -0.2) is 0 Å². The molecule has 2 aromatic heterocycles.